The number of nitrogens with one attached hydrogen (secondary N) is 1. The molecule has 5 nitrogen and oxygen atoms in total. The molecule has 0 saturated carbocycles. The highest BCUT2D eigenvalue weighted by Crippen LogP contribution is 2.17. The third kappa shape index (κ3) is 4.70. The molecular formula is C22H23N3O2. The number of hydrogen-bond acceptors (Lipinski definition) is 3. The maximum atomic E-state index is 12.7. The normalized spacial score (nSPS) is 11.8. The Kier molecular flexibility index (Phi) is 5.81. The summed E-state index contributed by atoms with van der Waals surface area (Å²) in [5, 5.41) is 7.27. The van der Waals surface area contributed by atoms with E-state index in [1.165, 1.54) is 22.4 Å². The molecule has 1 aromatic heterocycles. The van der Waals surface area contributed by atoms with Gasteiger partial charge in [0.15, 0.2) is 0 Å². The van der Waals surface area contributed by atoms with Crippen LogP contribution in [0.15, 0.2) is 71.5 Å². The minimum absolute atomic E-state index is 0.102. The van der Waals surface area contributed by atoms with Crippen molar-refractivity contribution in [2.24, 2.45) is 0 Å². The number of aromatic nitrogens is 2. The summed E-state index contributed by atoms with van der Waals surface area (Å²) in [6, 6.07) is 20.4. The second-order valence-electron chi connectivity index (χ2n) is 6.55. The Morgan fingerprint density at radius 2 is 1.74 bits per heavy atom. The Morgan fingerprint density at radius 1 is 1.04 bits per heavy atom. The van der Waals surface area contributed by atoms with Crippen LogP contribution >= 0.6 is 0 Å². The molecule has 0 spiro atoms. The molecule has 0 bridgehead atoms. The molecule has 1 heterocycles. The topological polar surface area (TPSA) is 64.0 Å². The van der Waals surface area contributed by atoms with Crippen LogP contribution < -0.4 is 10.9 Å². The highest BCUT2D eigenvalue weighted by molar-refractivity contribution is 5.92. The number of nitrogens with zero attached hydrogens (tertiary/aromatic N) is 2. The van der Waals surface area contributed by atoms with Crippen LogP contribution in [0, 0.1) is 6.92 Å². The van der Waals surface area contributed by atoms with Crippen molar-refractivity contribution in [3.8, 4) is 0 Å². The largest absolute Gasteiger partial charge is 0.344 e. The van der Waals surface area contributed by atoms with E-state index in [0.717, 1.165) is 17.5 Å². The fourth-order valence-electron chi connectivity index (χ4n) is 2.89. The average molecular weight is 361 g/mol. The SMILES string of the molecule is CCC(NC(=O)c1ccc(=O)n(Cc2ccccc2)n1)c1ccc(C)cc1. The van der Waals surface area contributed by atoms with E-state index in [-0.39, 0.29) is 23.2 Å². The lowest BCUT2D eigenvalue weighted by atomic mass is 10.0. The van der Waals surface area contributed by atoms with Crippen molar-refractivity contribution in [2.75, 3.05) is 0 Å². The second kappa shape index (κ2) is 8.45. The molecule has 0 aliphatic heterocycles. The number of carbonyl (C=O) groups excluding carboxylic acids is 1. The summed E-state index contributed by atoms with van der Waals surface area (Å²) in [6.45, 7) is 4.38. The molecule has 1 N–H and O–H groups in total. The van der Waals surface area contributed by atoms with Gasteiger partial charge in [-0.1, -0.05) is 67.1 Å². The summed E-state index contributed by atoms with van der Waals surface area (Å²) >= 11 is 0. The monoisotopic (exact) mass is 361 g/mol. The summed E-state index contributed by atoms with van der Waals surface area (Å²) < 4.78 is 1.32. The standard InChI is InChI=1S/C22H23N3O2/c1-3-19(18-11-9-16(2)10-12-18)23-22(27)20-13-14-21(26)25(24-20)15-17-7-5-4-6-8-17/h4-14,19H,3,15H2,1-2H3,(H,23,27). The lowest BCUT2D eigenvalue weighted by Gasteiger charge is -2.17. The van der Waals surface area contributed by atoms with Crippen LogP contribution in [-0.4, -0.2) is 15.7 Å². The van der Waals surface area contributed by atoms with Gasteiger partial charge in [-0.15, -0.1) is 0 Å². The molecule has 5 heteroatoms. The lowest BCUT2D eigenvalue weighted by Crippen LogP contribution is -2.32. The lowest BCUT2D eigenvalue weighted by molar-refractivity contribution is 0.0928. The van der Waals surface area contributed by atoms with Crippen molar-refractivity contribution in [1.82, 2.24) is 15.1 Å². The predicted molar refractivity (Wildman–Crippen MR) is 106 cm³/mol. The number of amides is 1. The van der Waals surface area contributed by atoms with Crippen molar-refractivity contribution in [3.05, 3.63) is 99.5 Å². The number of hydrogen-bond donors (Lipinski definition) is 1. The molecule has 1 amide bonds. The number of aryl methyl sites for hydroxylation is 1. The second-order valence-corrected chi connectivity index (χ2v) is 6.55. The van der Waals surface area contributed by atoms with Crippen LogP contribution in [0.4, 0.5) is 0 Å². The van der Waals surface area contributed by atoms with Gasteiger partial charge in [0.2, 0.25) is 0 Å². The van der Waals surface area contributed by atoms with Crippen molar-refractivity contribution in [1.29, 1.82) is 0 Å². The minimum atomic E-state index is -0.288. The molecule has 1 atom stereocenters. The van der Waals surface area contributed by atoms with Crippen molar-refractivity contribution in [3.63, 3.8) is 0 Å². The highest BCUT2D eigenvalue weighted by Gasteiger charge is 2.16. The van der Waals surface area contributed by atoms with E-state index in [0.29, 0.717) is 6.54 Å². The van der Waals surface area contributed by atoms with Gasteiger partial charge < -0.3 is 5.32 Å². The van der Waals surface area contributed by atoms with Crippen molar-refractivity contribution < 1.29 is 4.79 Å². The molecule has 0 aliphatic carbocycles. The molecular weight excluding hydrogens is 338 g/mol. The third-order valence-corrected chi connectivity index (χ3v) is 4.47. The van der Waals surface area contributed by atoms with Crippen LogP contribution in [0.1, 0.15) is 46.6 Å². The minimum Gasteiger partial charge on any atom is -0.344 e. The third-order valence-electron chi connectivity index (χ3n) is 4.47. The maximum Gasteiger partial charge on any atom is 0.272 e. The van der Waals surface area contributed by atoms with Crippen LogP contribution in [0.3, 0.4) is 0 Å². The van der Waals surface area contributed by atoms with Crippen LogP contribution in [0.25, 0.3) is 0 Å². The van der Waals surface area contributed by atoms with Gasteiger partial charge in [0, 0.05) is 6.07 Å². The Bertz CT molecular complexity index is 963. The average Bonchev–Trinajstić information content (AvgIpc) is 2.69. The van der Waals surface area contributed by atoms with Gasteiger partial charge in [-0.2, -0.15) is 5.10 Å². The molecule has 3 aromatic rings. The Labute approximate surface area is 158 Å². The van der Waals surface area contributed by atoms with Crippen LogP contribution in [-0.2, 0) is 6.54 Å². The summed E-state index contributed by atoms with van der Waals surface area (Å²) in [7, 11) is 0. The van der Waals surface area contributed by atoms with Crippen molar-refractivity contribution in [2.45, 2.75) is 32.9 Å². The van der Waals surface area contributed by atoms with E-state index >= 15 is 0 Å². The van der Waals surface area contributed by atoms with Gasteiger partial charge in [-0.05, 0) is 30.5 Å². The van der Waals surface area contributed by atoms with E-state index in [1.54, 1.807) is 0 Å². The van der Waals surface area contributed by atoms with E-state index in [2.05, 4.69) is 10.4 Å². The number of carbonyl (C=O) groups is 1. The van der Waals surface area contributed by atoms with E-state index in [9.17, 15) is 9.59 Å². The first-order chi connectivity index (χ1) is 13.1. The summed E-state index contributed by atoms with van der Waals surface area (Å²) in [5.41, 5.74) is 3.18. The molecule has 0 aliphatic rings. The Morgan fingerprint density at radius 3 is 2.41 bits per heavy atom. The highest BCUT2D eigenvalue weighted by atomic mass is 16.2. The zero-order chi connectivity index (χ0) is 19.2. The van der Waals surface area contributed by atoms with Gasteiger partial charge in [0.1, 0.15) is 5.69 Å². The molecule has 2 aromatic carbocycles. The first-order valence-corrected chi connectivity index (χ1v) is 9.06. The zero-order valence-electron chi connectivity index (χ0n) is 15.6. The Hall–Kier alpha value is -3.21. The Balaban J connectivity index is 1.79. The first-order valence-electron chi connectivity index (χ1n) is 9.06. The molecule has 0 saturated heterocycles. The molecule has 3 rings (SSSR count). The molecule has 0 radical (unpaired) electrons. The number of rotatable bonds is 6. The smallest absolute Gasteiger partial charge is 0.272 e. The molecule has 1 unspecified atom stereocenters. The van der Waals surface area contributed by atoms with E-state index in [1.807, 2.05) is 68.4 Å². The van der Waals surface area contributed by atoms with Gasteiger partial charge in [-0.3, -0.25) is 9.59 Å². The van der Waals surface area contributed by atoms with Crippen LogP contribution in [0.5, 0.6) is 0 Å². The van der Waals surface area contributed by atoms with Crippen molar-refractivity contribution >= 4 is 5.91 Å². The first kappa shape index (κ1) is 18.6. The van der Waals surface area contributed by atoms with Gasteiger partial charge >= 0.3 is 0 Å². The fraction of sp³-hybridized carbons (Fsp3) is 0.227. The summed E-state index contributed by atoms with van der Waals surface area (Å²) in [6.07, 6.45) is 0.762. The fourth-order valence-corrected chi connectivity index (χ4v) is 2.89. The van der Waals surface area contributed by atoms with E-state index < -0.39 is 0 Å². The summed E-state index contributed by atoms with van der Waals surface area (Å²) in [5.74, 6) is -0.288. The number of benzene rings is 2. The zero-order valence-corrected chi connectivity index (χ0v) is 15.6. The maximum absolute atomic E-state index is 12.7. The van der Waals surface area contributed by atoms with Gasteiger partial charge in [0.05, 0.1) is 12.6 Å². The molecule has 27 heavy (non-hydrogen) atoms. The van der Waals surface area contributed by atoms with Crippen LogP contribution in [0.2, 0.25) is 0 Å². The van der Waals surface area contributed by atoms with E-state index in [4.69, 9.17) is 0 Å². The van der Waals surface area contributed by atoms with Gasteiger partial charge in [-0.25, -0.2) is 4.68 Å². The molecule has 138 valence electrons. The molecule has 0 fully saturated rings. The van der Waals surface area contributed by atoms with Gasteiger partial charge in [0.25, 0.3) is 11.5 Å². The quantitative estimate of drug-likeness (QED) is 0.731. The summed E-state index contributed by atoms with van der Waals surface area (Å²) in [4.78, 5) is 24.8. The predicted octanol–water partition coefficient (Wildman–Crippen LogP) is 3.48.